The molecule has 0 aromatic rings. The van der Waals surface area contributed by atoms with Gasteiger partial charge in [0.1, 0.15) is 0 Å². The number of amides is 1. The summed E-state index contributed by atoms with van der Waals surface area (Å²) in [6.45, 7) is 12.8. The van der Waals surface area contributed by atoms with E-state index in [1.807, 2.05) is 41.5 Å². The number of hydrogen-bond acceptors (Lipinski definition) is 3. The third kappa shape index (κ3) is 5.50. The molecule has 0 aliphatic rings. The van der Waals surface area contributed by atoms with Crippen LogP contribution < -0.4 is 11.1 Å². The molecule has 102 valence electrons. The van der Waals surface area contributed by atoms with Crippen LogP contribution in [0.25, 0.3) is 0 Å². The molecule has 4 nitrogen and oxygen atoms in total. The van der Waals surface area contributed by atoms with Crippen molar-refractivity contribution in [2.45, 2.75) is 59.6 Å². The second kappa shape index (κ2) is 6.36. The maximum Gasteiger partial charge on any atom is 0.227 e. The van der Waals surface area contributed by atoms with Crippen LogP contribution in [0.1, 0.15) is 48.0 Å². The van der Waals surface area contributed by atoms with Gasteiger partial charge in [-0.25, -0.2) is 0 Å². The van der Waals surface area contributed by atoms with Crippen molar-refractivity contribution >= 4 is 5.91 Å². The molecule has 0 bridgehead atoms. The van der Waals surface area contributed by atoms with Gasteiger partial charge in [0.25, 0.3) is 0 Å². The third-order valence-corrected chi connectivity index (χ3v) is 3.24. The van der Waals surface area contributed by atoms with E-state index >= 15 is 0 Å². The quantitative estimate of drug-likeness (QED) is 0.670. The predicted molar refractivity (Wildman–Crippen MR) is 70.8 cm³/mol. The SMILES string of the molecule is CC(C)OCCCNC(=O)C(C)(C)C(C)(C)N. The molecule has 0 unspecified atom stereocenters. The van der Waals surface area contributed by atoms with Gasteiger partial charge in [-0.05, 0) is 48.0 Å². The zero-order valence-corrected chi connectivity index (χ0v) is 12.1. The van der Waals surface area contributed by atoms with Crippen molar-refractivity contribution in [3.05, 3.63) is 0 Å². The van der Waals surface area contributed by atoms with Crippen molar-refractivity contribution in [3.8, 4) is 0 Å². The molecule has 17 heavy (non-hydrogen) atoms. The molecular formula is C13H28N2O2. The lowest BCUT2D eigenvalue weighted by Crippen LogP contribution is -2.55. The first-order valence-corrected chi connectivity index (χ1v) is 6.28. The van der Waals surface area contributed by atoms with Gasteiger partial charge in [0.15, 0.2) is 0 Å². The summed E-state index contributed by atoms with van der Waals surface area (Å²) in [4.78, 5) is 12.0. The largest absolute Gasteiger partial charge is 0.379 e. The maximum absolute atomic E-state index is 12.0. The minimum Gasteiger partial charge on any atom is -0.379 e. The summed E-state index contributed by atoms with van der Waals surface area (Å²) < 4.78 is 5.40. The van der Waals surface area contributed by atoms with Gasteiger partial charge >= 0.3 is 0 Å². The Morgan fingerprint density at radius 1 is 1.29 bits per heavy atom. The highest BCUT2D eigenvalue weighted by Crippen LogP contribution is 2.28. The second-order valence-corrected chi connectivity index (χ2v) is 5.88. The van der Waals surface area contributed by atoms with Crippen LogP contribution in [0.3, 0.4) is 0 Å². The van der Waals surface area contributed by atoms with Crippen molar-refractivity contribution in [1.29, 1.82) is 0 Å². The zero-order valence-electron chi connectivity index (χ0n) is 12.1. The molecule has 0 aliphatic carbocycles. The van der Waals surface area contributed by atoms with Crippen LogP contribution in [0, 0.1) is 5.41 Å². The number of rotatable bonds is 7. The van der Waals surface area contributed by atoms with Gasteiger partial charge < -0.3 is 15.8 Å². The van der Waals surface area contributed by atoms with Gasteiger partial charge in [-0.3, -0.25) is 4.79 Å². The average molecular weight is 244 g/mol. The van der Waals surface area contributed by atoms with E-state index in [-0.39, 0.29) is 12.0 Å². The molecule has 3 N–H and O–H groups in total. The van der Waals surface area contributed by atoms with Crippen LogP contribution in [0.4, 0.5) is 0 Å². The summed E-state index contributed by atoms with van der Waals surface area (Å²) >= 11 is 0. The van der Waals surface area contributed by atoms with E-state index in [2.05, 4.69) is 5.32 Å². The first-order chi connectivity index (χ1) is 7.59. The Hall–Kier alpha value is -0.610. The molecule has 0 heterocycles. The molecule has 0 atom stereocenters. The van der Waals surface area contributed by atoms with Gasteiger partial charge in [-0.15, -0.1) is 0 Å². The average Bonchev–Trinajstić information content (AvgIpc) is 2.14. The number of carbonyl (C=O) groups is 1. The molecule has 0 rings (SSSR count). The Morgan fingerprint density at radius 3 is 2.24 bits per heavy atom. The number of hydrogen-bond donors (Lipinski definition) is 2. The van der Waals surface area contributed by atoms with Crippen molar-refractivity contribution in [3.63, 3.8) is 0 Å². The first-order valence-electron chi connectivity index (χ1n) is 6.28. The van der Waals surface area contributed by atoms with E-state index in [9.17, 15) is 4.79 Å². The highest BCUT2D eigenvalue weighted by atomic mass is 16.5. The summed E-state index contributed by atoms with van der Waals surface area (Å²) in [5.74, 6) is -0.00505. The molecule has 4 heteroatoms. The number of nitrogens with one attached hydrogen (secondary N) is 1. The van der Waals surface area contributed by atoms with Crippen LogP contribution in [-0.4, -0.2) is 30.7 Å². The first kappa shape index (κ1) is 16.4. The molecule has 0 saturated carbocycles. The van der Waals surface area contributed by atoms with E-state index in [4.69, 9.17) is 10.5 Å². The highest BCUT2D eigenvalue weighted by molar-refractivity contribution is 5.83. The van der Waals surface area contributed by atoms with Crippen molar-refractivity contribution in [2.24, 2.45) is 11.1 Å². The van der Waals surface area contributed by atoms with Crippen LogP contribution in [0.2, 0.25) is 0 Å². The molecular weight excluding hydrogens is 216 g/mol. The van der Waals surface area contributed by atoms with Gasteiger partial charge in [0.2, 0.25) is 5.91 Å². The highest BCUT2D eigenvalue weighted by Gasteiger charge is 2.39. The standard InChI is InChI=1S/C13H28N2O2/c1-10(2)17-9-7-8-15-11(16)12(3,4)13(5,6)14/h10H,7-9,14H2,1-6H3,(H,15,16). The van der Waals surface area contributed by atoms with Gasteiger partial charge in [-0.1, -0.05) is 0 Å². The summed E-state index contributed by atoms with van der Waals surface area (Å²) in [6.07, 6.45) is 1.07. The Kier molecular flexibility index (Phi) is 6.13. The Balaban J connectivity index is 3.95. The summed E-state index contributed by atoms with van der Waals surface area (Å²) in [5.41, 5.74) is 4.89. The minimum absolute atomic E-state index is 0.00505. The molecule has 0 aromatic carbocycles. The van der Waals surface area contributed by atoms with Gasteiger partial charge in [0.05, 0.1) is 11.5 Å². The number of nitrogens with two attached hydrogens (primary N) is 1. The lowest BCUT2D eigenvalue weighted by Gasteiger charge is -2.36. The second-order valence-electron chi connectivity index (χ2n) is 5.88. The molecule has 0 fully saturated rings. The van der Waals surface area contributed by atoms with Gasteiger partial charge in [0, 0.05) is 18.7 Å². The lowest BCUT2D eigenvalue weighted by atomic mass is 9.74. The summed E-state index contributed by atoms with van der Waals surface area (Å²) in [7, 11) is 0. The van der Waals surface area contributed by atoms with Gasteiger partial charge in [-0.2, -0.15) is 0 Å². The minimum atomic E-state index is -0.577. The van der Waals surface area contributed by atoms with E-state index in [0.29, 0.717) is 13.2 Å². The maximum atomic E-state index is 12.0. The van der Waals surface area contributed by atoms with Crippen LogP contribution in [-0.2, 0) is 9.53 Å². The monoisotopic (exact) mass is 244 g/mol. The van der Waals surface area contributed by atoms with E-state index in [1.54, 1.807) is 0 Å². The van der Waals surface area contributed by atoms with E-state index < -0.39 is 11.0 Å². The molecule has 0 aromatic heterocycles. The molecule has 0 radical (unpaired) electrons. The Morgan fingerprint density at radius 2 is 1.82 bits per heavy atom. The van der Waals surface area contributed by atoms with Crippen molar-refractivity contribution < 1.29 is 9.53 Å². The molecule has 0 saturated heterocycles. The van der Waals surface area contributed by atoms with Crippen LogP contribution in [0.5, 0.6) is 0 Å². The number of carbonyl (C=O) groups excluding carboxylic acids is 1. The molecule has 0 aliphatic heterocycles. The summed E-state index contributed by atoms with van der Waals surface area (Å²) in [5, 5.41) is 2.90. The van der Waals surface area contributed by atoms with Crippen LogP contribution >= 0.6 is 0 Å². The number of ether oxygens (including phenoxy) is 1. The smallest absolute Gasteiger partial charge is 0.227 e. The van der Waals surface area contributed by atoms with E-state index in [1.165, 1.54) is 0 Å². The topological polar surface area (TPSA) is 64.3 Å². The van der Waals surface area contributed by atoms with E-state index in [0.717, 1.165) is 6.42 Å². The fraction of sp³-hybridized carbons (Fsp3) is 0.923. The predicted octanol–water partition coefficient (Wildman–Crippen LogP) is 1.68. The normalized spacial score (nSPS) is 12.9. The Labute approximate surface area is 105 Å². The fourth-order valence-electron chi connectivity index (χ4n) is 1.11. The van der Waals surface area contributed by atoms with Crippen molar-refractivity contribution in [1.82, 2.24) is 5.32 Å². The van der Waals surface area contributed by atoms with Crippen LogP contribution in [0.15, 0.2) is 0 Å². The third-order valence-electron chi connectivity index (χ3n) is 3.24. The summed E-state index contributed by atoms with van der Waals surface area (Å²) in [6, 6.07) is 0. The van der Waals surface area contributed by atoms with Crippen molar-refractivity contribution in [2.75, 3.05) is 13.2 Å². The fourth-order valence-corrected chi connectivity index (χ4v) is 1.11. The molecule has 0 spiro atoms. The molecule has 1 amide bonds. The zero-order chi connectivity index (χ0) is 13.7. The Bertz CT molecular complexity index is 242. The lowest BCUT2D eigenvalue weighted by molar-refractivity contribution is -0.132.